The second kappa shape index (κ2) is 5.12. The highest BCUT2D eigenvalue weighted by molar-refractivity contribution is 7.15. The molecular weight excluding hydrogens is 222 g/mol. The summed E-state index contributed by atoms with van der Waals surface area (Å²) in [5, 5.41) is 10.3. The fourth-order valence-corrected chi connectivity index (χ4v) is 2.95. The van der Waals surface area contributed by atoms with Gasteiger partial charge in [0.2, 0.25) is 0 Å². The van der Waals surface area contributed by atoms with Gasteiger partial charge in [0, 0.05) is 37.8 Å². The van der Waals surface area contributed by atoms with E-state index in [1.165, 1.54) is 11.3 Å². The summed E-state index contributed by atoms with van der Waals surface area (Å²) in [6.07, 6.45) is 4.27. The van der Waals surface area contributed by atoms with Gasteiger partial charge in [0.05, 0.1) is 6.61 Å². The van der Waals surface area contributed by atoms with Crippen molar-refractivity contribution in [2.75, 3.05) is 32.1 Å². The Morgan fingerprint density at radius 3 is 3.06 bits per heavy atom. The van der Waals surface area contributed by atoms with Crippen molar-refractivity contribution in [3.05, 3.63) is 11.1 Å². The van der Waals surface area contributed by atoms with E-state index in [9.17, 15) is 5.11 Å². The standard InChI is InChI=1S/C11H19N3OS/c1-13(2)11-12-6-10(16-11)7-14-5-3-4-9(14)8-15/h6,9,15H,3-5,7-8H2,1-2H3. The zero-order valence-corrected chi connectivity index (χ0v) is 10.7. The molecule has 0 amide bonds. The van der Waals surface area contributed by atoms with E-state index in [1.807, 2.05) is 25.2 Å². The van der Waals surface area contributed by atoms with Crippen LogP contribution in [0.3, 0.4) is 0 Å². The van der Waals surface area contributed by atoms with Crippen molar-refractivity contribution < 1.29 is 5.11 Å². The summed E-state index contributed by atoms with van der Waals surface area (Å²) in [5.74, 6) is 0. The average Bonchev–Trinajstić information content (AvgIpc) is 2.87. The third-order valence-corrected chi connectivity index (χ3v) is 4.14. The van der Waals surface area contributed by atoms with Crippen LogP contribution in [0.25, 0.3) is 0 Å². The zero-order chi connectivity index (χ0) is 11.5. The minimum Gasteiger partial charge on any atom is -0.395 e. The fourth-order valence-electron chi connectivity index (χ4n) is 2.09. The Morgan fingerprint density at radius 1 is 1.62 bits per heavy atom. The maximum Gasteiger partial charge on any atom is 0.185 e. The lowest BCUT2D eigenvalue weighted by atomic mass is 10.2. The van der Waals surface area contributed by atoms with Gasteiger partial charge in [-0.05, 0) is 19.4 Å². The van der Waals surface area contributed by atoms with Crippen molar-refractivity contribution in [3.63, 3.8) is 0 Å². The molecule has 1 N–H and O–H groups in total. The Balaban J connectivity index is 1.97. The van der Waals surface area contributed by atoms with E-state index in [0.29, 0.717) is 6.04 Å². The summed E-state index contributed by atoms with van der Waals surface area (Å²) in [7, 11) is 4.02. The fraction of sp³-hybridized carbons (Fsp3) is 0.727. The van der Waals surface area contributed by atoms with Crippen molar-refractivity contribution in [2.24, 2.45) is 0 Å². The van der Waals surface area contributed by atoms with Crippen molar-refractivity contribution >= 4 is 16.5 Å². The SMILES string of the molecule is CN(C)c1ncc(CN2CCCC2CO)s1. The number of hydrogen-bond donors (Lipinski definition) is 1. The van der Waals surface area contributed by atoms with Gasteiger partial charge >= 0.3 is 0 Å². The molecule has 1 atom stereocenters. The number of aliphatic hydroxyl groups is 1. The molecule has 1 aliphatic heterocycles. The Bertz CT molecular complexity index is 340. The van der Waals surface area contributed by atoms with E-state index < -0.39 is 0 Å². The van der Waals surface area contributed by atoms with Crippen LogP contribution in [0.2, 0.25) is 0 Å². The number of rotatable bonds is 4. The molecule has 1 saturated heterocycles. The van der Waals surface area contributed by atoms with Crippen LogP contribution in [0.5, 0.6) is 0 Å². The predicted molar refractivity (Wildman–Crippen MR) is 67.0 cm³/mol. The average molecular weight is 241 g/mol. The van der Waals surface area contributed by atoms with Gasteiger partial charge < -0.3 is 10.0 Å². The third-order valence-electron chi connectivity index (χ3n) is 2.99. The van der Waals surface area contributed by atoms with Crippen LogP contribution < -0.4 is 4.90 Å². The molecule has 16 heavy (non-hydrogen) atoms. The lowest BCUT2D eigenvalue weighted by Crippen LogP contribution is -2.31. The second-order valence-electron chi connectivity index (χ2n) is 4.45. The lowest BCUT2D eigenvalue weighted by molar-refractivity contribution is 0.154. The van der Waals surface area contributed by atoms with Crippen LogP contribution >= 0.6 is 11.3 Å². The molecule has 1 fully saturated rings. The van der Waals surface area contributed by atoms with Crippen molar-refractivity contribution in [2.45, 2.75) is 25.4 Å². The molecule has 90 valence electrons. The smallest absolute Gasteiger partial charge is 0.185 e. The van der Waals surface area contributed by atoms with E-state index in [1.54, 1.807) is 11.3 Å². The highest BCUT2D eigenvalue weighted by Gasteiger charge is 2.24. The molecule has 4 nitrogen and oxygen atoms in total. The second-order valence-corrected chi connectivity index (χ2v) is 5.55. The largest absolute Gasteiger partial charge is 0.395 e. The number of nitrogens with zero attached hydrogens (tertiary/aromatic N) is 3. The molecule has 1 aromatic heterocycles. The maximum absolute atomic E-state index is 9.25. The van der Waals surface area contributed by atoms with Crippen molar-refractivity contribution in [3.8, 4) is 0 Å². The Kier molecular flexibility index (Phi) is 3.78. The quantitative estimate of drug-likeness (QED) is 0.859. The molecule has 2 rings (SSSR count). The van der Waals surface area contributed by atoms with Crippen LogP contribution in [0.1, 0.15) is 17.7 Å². The molecule has 0 bridgehead atoms. The maximum atomic E-state index is 9.25. The van der Waals surface area contributed by atoms with Gasteiger partial charge in [-0.25, -0.2) is 4.98 Å². The molecular formula is C11H19N3OS. The monoisotopic (exact) mass is 241 g/mol. The first-order valence-corrected chi connectivity index (χ1v) is 6.49. The van der Waals surface area contributed by atoms with Gasteiger partial charge in [0.25, 0.3) is 0 Å². The molecule has 0 aliphatic carbocycles. The normalized spacial score (nSPS) is 21.6. The Labute approximate surface area is 101 Å². The van der Waals surface area contributed by atoms with Crippen LogP contribution in [-0.2, 0) is 6.54 Å². The topological polar surface area (TPSA) is 39.6 Å². The number of aromatic nitrogens is 1. The summed E-state index contributed by atoms with van der Waals surface area (Å²) in [4.78, 5) is 10.0. The van der Waals surface area contributed by atoms with Crippen LogP contribution in [0.4, 0.5) is 5.13 Å². The van der Waals surface area contributed by atoms with Crippen LogP contribution in [0.15, 0.2) is 6.20 Å². The number of likely N-dealkylation sites (tertiary alicyclic amines) is 1. The molecule has 0 aromatic carbocycles. The Morgan fingerprint density at radius 2 is 2.44 bits per heavy atom. The summed E-state index contributed by atoms with van der Waals surface area (Å²) in [6, 6.07) is 0.352. The summed E-state index contributed by atoms with van der Waals surface area (Å²) in [6.45, 7) is 2.30. The van der Waals surface area contributed by atoms with Gasteiger partial charge in [0.15, 0.2) is 5.13 Å². The highest BCUT2D eigenvalue weighted by atomic mass is 32.1. The predicted octanol–water partition coefficient (Wildman–Crippen LogP) is 1.17. The number of thiazole rings is 1. The van der Waals surface area contributed by atoms with Crippen molar-refractivity contribution in [1.29, 1.82) is 0 Å². The van der Waals surface area contributed by atoms with Gasteiger partial charge in [-0.1, -0.05) is 0 Å². The first-order chi connectivity index (χ1) is 7.70. The van der Waals surface area contributed by atoms with E-state index in [-0.39, 0.29) is 6.61 Å². The van der Waals surface area contributed by atoms with Crippen LogP contribution in [0, 0.1) is 0 Å². The molecule has 0 radical (unpaired) electrons. The number of anilines is 1. The molecule has 0 saturated carbocycles. The van der Waals surface area contributed by atoms with Gasteiger partial charge in [0.1, 0.15) is 0 Å². The molecule has 5 heteroatoms. The minimum atomic E-state index is 0.277. The van der Waals surface area contributed by atoms with Gasteiger partial charge in [-0.2, -0.15) is 0 Å². The van der Waals surface area contributed by atoms with E-state index >= 15 is 0 Å². The zero-order valence-electron chi connectivity index (χ0n) is 9.89. The summed E-state index contributed by atoms with van der Waals surface area (Å²) >= 11 is 1.73. The Hall–Kier alpha value is -0.650. The van der Waals surface area contributed by atoms with E-state index in [2.05, 4.69) is 9.88 Å². The minimum absolute atomic E-state index is 0.277. The van der Waals surface area contributed by atoms with Gasteiger partial charge in [-0.3, -0.25) is 4.90 Å². The number of hydrogen-bond acceptors (Lipinski definition) is 5. The molecule has 1 aliphatic rings. The third kappa shape index (κ3) is 2.53. The van der Waals surface area contributed by atoms with Gasteiger partial charge in [-0.15, -0.1) is 11.3 Å². The number of aliphatic hydroxyl groups excluding tert-OH is 1. The van der Waals surface area contributed by atoms with Crippen molar-refractivity contribution in [1.82, 2.24) is 9.88 Å². The summed E-state index contributed by atoms with van der Waals surface area (Å²) < 4.78 is 0. The highest BCUT2D eigenvalue weighted by Crippen LogP contribution is 2.25. The molecule has 1 unspecified atom stereocenters. The van der Waals surface area contributed by atoms with E-state index in [4.69, 9.17) is 0 Å². The first-order valence-electron chi connectivity index (χ1n) is 5.67. The molecule has 2 heterocycles. The molecule has 0 spiro atoms. The van der Waals surface area contributed by atoms with Crippen LogP contribution in [-0.4, -0.2) is 48.3 Å². The molecule has 1 aromatic rings. The van der Waals surface area contributed by atoms with E-state index in [0.717, 1.165) is 24.6 Å². The lowest BCUT2D eigenvalue weighted by Gasteiger charge is -2.21. The first kappa shape index (κ1) is 11.8. The summed E-state index contributed by atoms with van der Waals surface area (Å²) in [5.41, 5.74) is 0.